The number of alkyl halides is 1. The minimum Gasteiger partial charge on any atom is -0.252 e. The van der Waals surface area contributed by atoms with E-state index in [4.69, 9.17) is 0 Å². The second kappa shape index (κ2) is 17.1. The van der Waals surface area contributed by atoms with Crippen LogP contribution in [-0.4, -0.2) is 11.1 Å². The van der Waals surface area contributed by atoms with Crippen molar-refractivity contribution in [3.8, 4) is 0 Å². The molecule has 5 aromatic carbocycles. The molecule has 60 heavy (non-hydrogen) atoms. The van der Waals surface area contributed by atoms with E-state index >= 15 is 35.1 Å². The highest BCUT2D eigenvalue weighted by atomic mass is 79.9. The van der Waals surface area contributed by atoms with Crippen LogP contribution in [0.15, 0.2) is 48.9 Å². The van der Waals surface area contributed by atoms with E-state index in [1.165, 1.54) is 11.3 Å². The minimum atomic E-state index is -7.22. The molecule has 1 heterocycles. The first-order chi connectivity index (χ1) is 28.1. The van der Waals surface area contributed by atoms with Crippen molar-refractivity contribution in [3.63, 3.8) is 0 Å². The first-order valence-corrected chi connectivity index (χ1v) is 16.9. The summed E-state index contributed by atoms with van der Waals surface area (Å²) in [5.74, 6) is -71.4. The van der Waals surface area contributed by atoms with Gasteiger partial charge in [-0.1, -0.05) is 46.3 Å². The first kappa shape index (κ1) is 45.4. The summed E-state index contributed by atoms with van der Waals surface area (Å²) in [4.78, 5) is 4.11. The number of halogens is 21. The van der Waals surface area contributed by atoms with Crippen LogP contribution in [-0.2, 0) is 11.9 Å². The molecule has 2 nitrogen and oxygen atoms in total. The maximum atomic E-state index is 15.4. The van der Waals surface area contributed by atoms with Gasteiger partial charge < -0.3 is 0 Å². The fourth-order valence-corrected chi connectivity index (χ4v) is 6.80. The zero-order valence-corrected chi connectivity index (χ0v) is 30.0. The van der Waals surface area contributed by atoms with Crippen molar-refractivity contribution in [1.29, 1.82) is 0 Å². The van der Waals surface area contributed by atoms with Gasteiger partial charge in [0.15, 0.2) is 82.5 Å². The topological polar surface area (TPSA) is 16.8 Å². The fourth-order valence-electron chi connectivity index (χ4n) is 6.34. The fraction of sp³-hybridized carbons (Fsp3) is 0.0556. The molecule has 0 atom stereocenters. The van der Waals surface area contributed by atoms with Crippen molar-refractivity contribution < 1.29 is 92.4 Å². The van der Waals surface area contributed by atoms with Gasteiger partial charge in [0.25, 0.3) is 0 Å². The predicted octanol–water partition coefficient (Wildman–Crippen LogP) is 8.16. The molecule has 0 spiro atoms. The minimum absolute atomic E-state index is 0.827. The van der Waals surface area contributed by atoms with E-state index in [9.17, 15) is 52.7 Å². The average Bonchev–Trinajstić information content (AvgIpc) is 3.24. The second-order valence-corrected chi connectivity index (χ2v) is 12.7. The Kier molecular flexibility index (Phi) is 13.0. The summed E-state index contributed by atoms with van der Waals surface area (Å²) < 4.78 is 296. The Balaban J connectivity index is 0.000000379. The maximum Gasteiger partial charge on any atom is 0.210 e. The summed E-state index contributed by atoms with van der Waals surface area (Å²) in [7, 11) is 0. The van der Waals surface area contributed by atoms with E-state index in [1.54, 1.807) is 0 Å². The van der Waals surface area contributed by atoms with Crippen molar-refractivity contribution in [2.75, 3.05) is 0 Å². The molecule has 6 aromatic rings. The van der Waals surface area contributed by atoms with E-state index in [-0.39, 0.29) is 0 Å². The van der Waals surface area contributed by atoms with Gasteiger partial charge in [0.05, 0.1) is 17.7 Å². The Morgan fingerprint density at radius 1 is 0.400 bits per heavy atom. The van der Waals surface area contributed by atoms with Crippen LogP contribution in [0.3, 0.4) is 0 Å². The van der Waals surface area contributed by atoms with Crippen LogP contribution < -0.4 is 26.4 Å². The van der Waals surface area contributed by atoms with Gasteiger partial charge in [-0.15, -0.1) is 21.9 Å². The van der Waals surface area contributed by atoms with Crippen LogP contribution in [0.5, 0.6) is 0 Å². The van der Waals surface area contributed by atoms with Crippen LogP contribution in [0.2, 0.25) is 0 Å². The molecule has 0 N–H and O–H groups in total. The Morgan fingerprint density at radius 2 is 0.667 bits per heavy atom. The molecule has 0 radical (unpaired) electrons. The molecule has 0 aliphatic rings. The van der Waals surface area contributed by atoms with Gasteiger partial charge in [0.1, 0.15) is 52.7 Å². The number of rotatable bonds is 7. The van der Waals surface area contributed by atoms with Crippen LogP contribution in [0.4, 0.5) is 87.8 Å². The smallest absolute Gasteiger partial charge is 0.210 e. The van der Waals surface area contributed by atoms with Gasteiger partial charge in [0.2, 0.25) is 5.69 Å². The lowest BCUT2D eigenvalue weighted by Crippen LogP contribution is -2.81. The molecule has 1 aromatic heterocycles. The van der Waals surface area contributed by atoms with Gasteiger partial charge in [-0.2, -0.15) is 4.57 Å². The molecule has 0 saturated carbocycles. The number of nitrogens with zero attached hydrogens (tertiary/aromatic N) is 2. The van der Waals surface area contributed by atoms with Gasteiger partial charge in [-0.25, -0.2) is 87.8 Å². The summed E-state index contributed by atoms with van der Waals surface area (Å²) >= 11 is 3.46. The van der Waals surface area contributed by atoms with E-state index < -0.39 is 144 Å². The van der Waals surface area contributed by atoms with E-state index in [0.29, 0.717) is 0 Å². The highest BCUT2D eigenvalue weighted by Gasteiger charge is 2.52. The standard InChI is InChI=1S/C24BF20.C12H12BrN2/c26-5-1(6(27)14(35)21(42)13(5)34)25(2-7(28)15(36)22(43)16(37)8(2)29,3-9(30)17(38)23(44)18(39)10(3)31)4-11(32)19(40)24(45)20(41)12(4)33;13-8-12-9-14-6-7-15(12)10-11-4-2-1-3-5-11/h;1-7,9H,8,10H2/q-1;+1. The lowest BCUT2D eigenvalue weighted by atomic mass is 9.12. The van der Waals surface area contributed by atoms with Gasteiger partial charge in [-0.05, 0) is 0 Å². The van der Waals surface area contributed by atoms with E-state index in [1.807, 2.05) is 24.7 Å². The van der Waals surface area contributed by atoms with Crippen LogP contribution in [0.25, 0.3) is 0 Å². The summed E-state index contributed by atoms with van der Waals surface area (Å²) in [6, 6.07) is 10.4. The first-order valence-electron chi connectivity index (χ1n) is 15.8. The predicted molar refractivity (Wildman–Crippen MR) is 172 cm³/mol. The largest absolute Gasteiger partial charge is 0.252 e. The molecule has 0 bridgehead atoms. The molecule has 0 fully saturated rings. The van der Waals surface area contributed by atoms with Gasteiger partial charge in [-0.3, -0.25) is 4.98 Å². The Hall–Kier alpha value is -5.68. The number of hydrogen-bond acceptors (Lipinski definition) is 1. The lowest BCUT2D eigenvalue weighted by Gasteiger charge is -2.44. The molecular formula is C36H12BBrF20N2. The van der Waals surface area contributed by atoms with Crippen LogP contribution >= 0.6 is 15.9 Å². The SMILES string of the molecule is BrCc1cncc[n+]1Cc1ccccc1.Fc1c(F)c(F)c([B-](c2c(F)c(F)c(F)c(F)c2F)(c2c(F)c(F)c(F)c(F)c2F)c2c(F)c(F)c(F)c(F)c2F)c(F)c1F. The molecule has 316 valence electrons. The Labute approximate surface area is 329 Å². The summed E-state index contributed by atoms with van der Waals surface area (Å²) in [5.41, 5.74) is -11.8. The third kappa shape index (κ3) is 7.10. The van der Waals surface area contributed by atoms with Crippen LogP contribution in [0.1, 0.15) is 11.3 Å². The summed E-state index contributed by atoms with van der Waals surface area (Å²) in [5, 5.41) is 0.827. The maximum absolute atomic E-state index is 15.4. The highest BCUT2D eigenvalue weighted by Crippen LogP contribution is 2.30. The Morgan fingerprint density at radius 3 is 0.933 bits per heavy atom. The molecule has 0 saturated heterocycles. The molecule has 0 aliphatic carbocycles. The van der Waals surface area contributed by atoms with E-state index in [0.717, 1.165) is 11.9 Å². The Bertz CT molecular complexity index is 2300. The average molecular weight is 943 g/mol. The van der Waals surface area contributed by atoms with Crippen molar-refractivity contribution in [1.82, 2.24) is 4.98 Å². The summed E-state index contributed by atoms with van der Waals surface area (Å²) in [6.45, 7) is 0.893. The lowest BCUT2D eigenvalue weighted by molar-refractivity contribution is -0.695. The molecule has 6 rings (SSSR count). The molecule has 24 heteroatoms. The number of hydrogen-bond donors (Lipinski definition) is 0. The van der Waals surface area contributed by atoms with Crippen molar-refractivity contribution in [2.45, 2.75) is 11.9 Å². The summed E-state index contributed by atoms with van der Waals surface area (Å²) in [6.07, 6.45) is -1.51. The molecule has 0 amide bonds. The quantitative estimate of drug-likeness (QED) is 0.0395. The molecular weight excluding hydrogens is 931 g/mol. The van der Waals surface area contributed by atoms with Crippen LogP contribution in [0, 0.1) is 116 Å². The number of benzene rings is 5. The van der Waals surface area contributed by atoms with E-state index in [2.05, 4.69) is 49.7 Å². The van der Waals surface area contributed by atoms with Crippen molar-refractivity contribution in [3.05, 3.63) is 177 Å². The molecule has 0 aliphatic heterocycles. The van der Waals surface area contributed by atoms with Gasteiger partial charge >= 0.3 is 0 Å². The third-order valence-corrected chi connectivity index (χ3v) is 9.54. The monoisotopic (exact) mass is 942 g/mol. The van der Waals surface area contributed by atoms with Crippen molar-refractivity contribution >= 4 is 43.9 Å². The zero-order valence-electron chi connectivity index (χ0n) is 28.4. The number of aromatic nitrogens is 2. The van der Waals surface area contributed by atoms with Crippen molar-refractivity contribution in [2.24, 2.45) is 0 Å². The third-order valence-electron chi connectivity index (χ3n) is 8.96. The normalized spacial score (nSPS) is 11.6. The second-order valence-electron chi connectivity index (χ2n) is 12.1. The zero-order chi connectivity index (χ0) is 44.9. The highest BCUT2D eigenvalue weighted by molar-refractivity contribution is 9.08. The van der Waals surface area contributed by atoms with Gasteiger partial charge in [0, 0.05) is 5.56 Å². The molecule has 0 unspecified atom stereocenters.